The van der Waals surface area contributed by atoms with Gasteiger partial charge in [0.1, 0.15) is 11.4 Å². The van der Waals surface area contributed by atoms with Crippen LogP contribution in [-0.4, -0.2) is 29.0 Å². The van der Waals surface area contributed by atoms with Gasteiger partial charge in [-0.2, -0.15) is 0 Å². The monoisotopic (exact) mass is 273 g/mol. The molecule has 0 radical (unpaired) electrons. The van der Waals surface area contributed by atoms with Gasteiger partial charge in [0.25, 0.3) is 0 Å². The summed E-state index contributed by atoms with van der Waals surface area (Å²) in [5.41, 5.74) is 8.41. The smallest absolute Gasteiger partial charge is 0.216 e. The molecule has 2 rings (SSSR count). The zero-order chi connectivity index (χ0) is 14.7. The number of ketones is 1. The maximum absolute atomic E-state index is 12.6. The Balaban J connectivity index is 2.42. The number of nitrogens with zero attached hydrogens (tertiary/aromatic N) is 2. The van der Waals surface area contributed by atoms with E-state index in [4.69, 9.17) is 10.5 Å². The number of benzene rings is 1. The molecule has 20 heavy (non-hydrogen) atoms. The van der Waals surface area contributed by atoms with E-state index in [0.717, 1.165) is 11.1 Å². The standard InChI is InChI=1S/C15H19N3O2/c1-10-6-11(2)14(13(7-10)20-3)15(19)12-8-18(5-4-16)9-17-12/h6-9H,4-5,16H2,1-3H3. The van der Waals surface area contributed by atoms with Gasteiger partial charge in [-0.05, 0) is 31.0 Å². The van der Waals surface area contributed by atoms with Crippen LogP contribution in [0.2, 0.25) is 0 Å². The van der Waals surface area contributed by atoms with Gasteiger partial charge in [-0.25, -0.2) is 4.98 Å². The first-order chi connectivity index (χ1) is 9.56. The van der Waals surface area contributed by atoms with Crippen LogP contribution in [0.3, 0.4) is 0 Å². The molecule has 0 spiro atoms. The highest BCUT2D eigenvalue weighted by Gasteiger charge is 2.19. The number of ether oxygens (including phenoxy) is 1. The molecule has 5 nitrogen and oxygen atoms in total. The summed E-state index contributed by atoms with van der Waals surface area (Å²) in [6, 6.07) is 3.82. The molecule has 0 aliphatic heterocycles. The van der Waals surface area contributed by atoms with Crippen molar-refractivity contribution in [3.05, 3.63) is 47.0 Å². The van der Waals surface area contributed by atoms with Crippen molar-refractivity contribution in [2.45, 2.75) is 20.4 Å². The number of rotatable bonds is 5. The maximum Gasteiger partial charge on any atom is 0.216 e. The van der Waals surface area contributed by atoms with E-state index in [1.54, 1.807) is 19.6 Å². The number of nitrogens with two attached hydrogens (primary N) is 1. The van der Waals surface area contributed by atoms with Crippen molar-refractivity contribution in [1.82, 2.24) is 9.55 Å². The number of carbonyl (C=O) groups is 1. The molecule has 0 saturated heterocycles. The van der Waals surface area contributed by atoms with Gasteiger partial charge in [-0.3, -0.25) is 4.79 Å². The predicted molar refractivity (Wildman–Crippen MR) is 77.2 cm³/mol. The number of aromatic nitrogens is 2. The summed E-state index contributed by atoms with van der Waals surface area (Å²) in [6.45, 7) is 5.03. The number of imidazole rings is 1. The first-order valence-electron chi connectivity index (χ1n) is 6.48. The lowest BCUT2D eigenvalue weighted by Gasteiger charge is -2.11. The summed E-state index contributed by atoms with van der Waals surface area (Å²) >= 11 is 0. The summed E-state index contributed by atoms with van der Waals surface area (Å²) in [5.74, 6) is 0.455. The van der Waals surface area contributed by atoms with E-state index in [1.165, 1.54) is 0 Å². The zero-order valence-electron chi connectivity index (χ0n) is 12.0. The van der Waals surface area contributed by atoms with Gasteiger partial charge < -0.3 is 15.0 Å². The van der Waals surface area contributed by atoms with Crippen LogP contribution in [0.4, 0.5) is 0 Å². The number of hydrogen-bond donors (Lipinski definition) is 1. The SMILES string of the molecule is COc1cc(C)cc(C)c1C(=O)c1cn(CCN)cn1. The number of hydrogen-bond acceptors (Lipinski definition) is 4. The minimum Gasteiger partial charge on any atom is -0.496 e. The number of methoxy groups -OCH3 is 1. The fourth-order valence-electron chi connectivity index (χ4n) is 2.26. The Hall–Kier alpha value is -2.14. The quantitative estimate of drug-likeness (QED) is 0.842. The van der Waals surface area contributed by atoms with Crippen LogP contribution >= 0.6 is 0 Å². The third-order valence-corrected chi connectivity index (χ3v) is 3.14. The van der Waals surface area contributed by atoms with Crippen molar-refractivity contribution in [2.24, 2.45) is 5.73 Å². The minimum absolute atomic E-state index is 0.130. The summed E-state index contributed by atoms with van der Waals surface area (Å²) in [4.78, 5) is 16.7. The number of aryl methyl sites for hydroxylation is 2. The first kappa shape index (κ1) is 14.3. The van der Waals surface area contributed by atoms with Gasteiger partial charge in [0.05, 0.1) is 19.0 Å². The number of carbonyl (C=O) groups excluding carboxylic acids is 1. The van der Waals surface area contributed by atoms with E-state index in [9.17, 15) is 4.79 Å². The molecule has 0 bridgehead atoms. The average molecular weight is 273 g/mol. The molecular formula is C15H19N3O2. The van der Waals surface area contributed by atoms with E-state index in [2.05, 4.69) is 4.98 Å². The van der Waals surface area contributed by atoms with E-state index >= 15 is 0 Å². The Morgan fingerprint density at radius 2 is 2.15 bits per heavy atom. The van der Waals surface area contributed by atoms with Crippen LogP contribution in [0, 0.1) is 13.8 Å². The first-order valence-corrected chi connectivity index (χ1v) is 6.48. The van der Waals surface area contributed by atoms with Gasteiger partial charge in [0.15, 0.2) is 0 Å². The Labute approximate surface area is 118 Å². The van der Waals surface area contributed by atoms with Crippen molar-refractivity contribution in [3.8, 4) is 5.75 Å². The van der Waals surface area contributed by atoms with Crippen LogP contribution in [0.25, 0.3) is 0 Å². The van der Waals surface area contributed by atoms with E-state index < -0.39 is 0 Å². The second-order valence-electron chi connectivity index (χ2n) is 4.77. The molecule has 2 N–H and O–H groups in total. The highest BCUT2D eigenvalue weighted by molar-refractivity contribution is 6.10. The van der Waals surface area contributed by atoms with Crippen molar-refractivity contribution in [3.63, 3.8) is 0 Å². The van der Waals surface area contributed by atoms with Crippen molar-refractivity contribution in [1.29, 1.82) is 0 Å². The molecule has 5 heteroatoms. The molecule has 0 aliphatic carbocycles. The zero-order valence-corrected chi connectivity index (χ0v) is 12.0. The topological polar surface area (TPSA) is 70.1 Å². The molecule has 0 saturated carbocycles. The van der Waals surface area contributed by atoms with E-state index in [1.807, 2.05) is 30.5 Å². The Morgan fingerprint density at radius 3 is 2.80 bits per heavy atom. The summed E-state index contributed by atoms with van der Waals surface area (Å²) in [6.07, 6.45) is 3.34. The van der Waals surface area contributed by atoms with Crippen LogP contribution in [-0.2, 0) is 6.54 Å². The van der Waals surface area contributed by atoms with Gasteiger partial charge in [-0.15, -0.1) is 0 Å². The molecule has 1 aromatic carbocycles. The molecule has 0 aliphatic rings. The lowest BCUT2D eigenvalue weighted by molar-refractivity contribution is 0.103. The van der Waals surface area contributed by atoms with Gasteiger partial charge >= 0.3 is 0 Å². The highest BCUT2D eigenvalue weighted by Crippen LogP contribution is 2.26. The Bertz CT molecular complexity index is 632. The van der Waals surface area contributed by atoms with Crippen molar-refractivity contribution >= 4 is 5.78 Å². The Morgan fingerprint density at radius 1 is 1.40 bits per heavy atom. The van der Waals surface area contributed by atoms with Gasteiger partial charge in [0.2, 0.25) is 5.78 Å². The average Bonchev–Trinajstić information content (AvgIpc) is 2.86. The molecule has 1 heterocycles. The van der Waals surface area contributed by atoms with E-state index in [0.29, 0.717) is 30.1 Å². The molecule has 0 unspecified atom stereocenters. The minimum atomic E-state index is -0.130. The molecular weight excluding hydrogens is 254 g/mol. The third kappa shape index (κ3) is 2.72. The third-order valence-electron chi connectivity index (χ3n) is 3.14. The highest BCUT2D eigenvalue weighted by atomic mass is 16.5. The van der Waals surface area contributed by atoms with Crippen molar-refractivity contribution < 1.29 is 9.53 Å². The lowest BCUT2D eigenvalue weighted by Crippen LogP contribution is -2.09. The second kappa shape index (κ2) is 5.88. The molecule has 0 fully saturated rings. The largest absolute Gasteiger partial charge is 0.496 e. The predicted octanol–water partition coefficient (Wildman–Crippen LogP) is 1.70. The fourth-order valence-corrected chi connectivity index (χ4v) is 2.26. The molecule has 106 valence electrons. The normalized spacial score (nSPS) is 10.6. The van der Waals surface area contributed by atoms with Gasteiger partial charge in [-0.1, -0.05) is 6.07 Å². The summed E-state index contributed by atoms with van der Waals surface area (Å²) in [5, 5.41) is 0. The molecule has 0 atom stereocenters. The molecule has 2 aromatic rings. The van der Waals surface area contributed by atoms with Crippen LogP contribution < -0.4 is 10.5 Å². The maximum atomic E-state index is 12.6. The fraction of sp³-hybridized carbons (Fsp3) is 0.333. The molecule has 1 aromatic heterocycles. The van der Waals surface area contributed by atoms with Crippen LogP contribution in [0.15, 0.2) is 24.7 Å². The van der Waals surface area contributed by atoms with Gasteiger partial charge in [0, 0.05) is 19.3 Å². The Kier molecular flexibility index (Phi) is 4.20. The van der Waals surface area contributed by atoms with Crippen LogP contribution in [0.5, 0.6) is 5.75 Å². The summed E-state index contributed by atoms with van der Waals surface area (Å²) < 4.78 is 7.14. The lowest BCUT2D eigenvalue weighted by atomic mass is 9.99. The second-order valence-corrected chi connectivity index (χ2v) is 4.77. The van der Waals surface area contributed by atoms with Crippen molar-refractivity contribution in [2.75, 3.05) is 13.7 Å². The van der Waals surface area contributed by atoms with Crippen LogP contribution in [0.1, 0.15) is 27.2 Å². The summed E-state index contributed by atoms with van der Waals surface area (Å²) in [7, 11) is 1.57. The molecule has 0 amide bonds. The van der Waals surface area contributed by atoms with E-state index in [-0.39, 0.29) is 5.78 Å².